The standard InChI is InChI=1S/C19H19N7O.C2HF3O2/c1-21-17(27)6-11-3-4-15-16(5-11)25-19(24-15)14-7-12(8-22-18(14)20)13-9-23-26(2)10-13;3-2(4,5)1(6)7/h3-5,7-10H,6H2,1-2H3,(H2,20,22)(H,21,27)(H,24,25);(H,6,7). The van der Waals surface area contributed by atoms with Crippen molar-refractivity contribution in [2.45, 2.75) is 12.6 Å². The fraction of sp³-hybridized carbons (Fsp3) is 0.190. The second kappa shape index (κ2) is 9.60. The van der Waals surface area contributed by atoms with Gasteiger partial charge in [0, 0.05) is 37.6 Å². The number of likely N-dealkylation sites (N-methyl/N-ethyl adjacent to an activating group) is 1. The Kier molecular flexibility index (Phi) is 6.84. The molecule has 178 valence electrons. The minimum absolute atomic E-state index is 0.0355. The molecule has 3 heterocycles. The van der Waals surface area contributed by atoms with Gasteiger partial charge in [-0.05, 0) is 23.8 Å². The molecule has 0 atom stereocenters. The van der Waals surface area contributed by atoms with E-state index in [-0.39, 0.29) is 5.91 Å². The number of carbonyl (C=O) groups is 2. The van der Waals surface area contributed by atoms with Gasteiger partial charge in [0.05, 0.1) is 29.2 Å². The van der Waals surface area contributed by atoms with Gasteiger partial charge in [-0.25, -0.2) is 14.8 Å². The molecule has 0 aliphatic carbocycles. The number of nitrogens with one attached hydrogen (secondary N) is 2. The van der Waals surface area contributed by atoms with Crippen LogP contribution in [0.4, 0.5) is 19.0 Å². The summed E-state index contributed by atoms with van der Waals surface area (Å²) in [6.07, 6.45) is 0.655. The average molecular weight is 475 g/mol. The molecule has 0 radical (unpaired) electrons. The monoisotopic (exact) mass is 475 g/mol. The molecular formula is C21H20F3N7O3. The number of aromatic amines is 1. The molecule has 4 rings (SSSR count). The summed E-state index contributed by atoms with van der Waals surface area (Å²) in [7, 11) is 3.49. The summed E-state index contributed by atoms with van der Waals surface area (Å²) < 4.78 is 33.5. The summed E-state index contributed by atoms with van der Waals surface area (Å²) in [5, 5.41) is 13.9. The van der Waals surface area contributed by atoms with E-state index in [0.29, 0.717) is 18.1 Å². The first-order valence-corrected chi connectivity index (χ1v) is 9.72. The van der Waals surface area contributed by atoms with Crippen molar-refractivity contribution in [3.05, 3.63) is 48.4 Å². The highest BCUT2D eigenvalue weighted by Crippen LogP contribution is 2.29. The van der Waals surface area contributed by atoms with Gasteiger partial charge in [-0.1, -0.05) is 6.07 Å². The molecule has 4 aromatic rings. The molecule has 0 saturated carbocycles. The number of nitrogens with zero attached hydrogens (tertiary/aromatic N) is 4. The third-order valence-electron chi connectivity index (χ3n) is 4.64. The van der Waals surface area contributed by atoms with Crippen LogP contribution in [0.3, 0.4) is 0 Å². The maximum Gasteiger partial charge on any atom is 0.490 e. The molecule has 0 fully saturated rings. The van der Waals surface area contributed by atoms with Crippen molar-refractivity contribution >= 4 is 28.7 Å². The Balaban J connectivity index is 0.000000406. The zero-order valence-corrected chi connectivity index (χ0v) is 18.0. The van der Waals surface area contributed by atoms with Crippen LogP contribution in [0.25, 0.3) is 33.5 Å². The number of aliphatic carboxylic acids is 1. The summed E-state index contributed by atoms with van der Waals surface area (Å²) in [6.45, 7) is 0. The van der Waals surface area contributed by atoms with Crippen molar-refractivity contribution in [2.24, 2.45) is 7.05 Å². The Hall–Kier alpha value is -4.42. The second-order valence-corrected chi connectivity index (χ2v) is 7.15. The molecule has 0 saturated heterocycles. The van der Waals surface area contributed by atoms with E-state index in [9.17, 15) is 18.0 Å². The van der Waals surface area contributed by atoms with Crippen LogP contribution in [0.5, 0.6) is 0 Å². The number of rotatable bonds is 4. The summed E-state index contributed by atoms with van der Waals surface area (Å²) >= 11 is 0. The molecular weight excluding hydrogens is 455 g/mol. The average Bonchev–Trinajstić information content (AvgIpc) is 3.39. The summed E-state index contributed by atoms with van der Waals surface area (Å²) in [6, 6.07) is 7.66. The number of halogens is 3. The van der Waals surface area contributed by atoms with E-state index in [1.165, 1.54) is 0 Å². The molecule has 0 spiro atoms. The van der Waals surface area contributed by atoms with E-state index in [1.807, 2.05) is 37.5 Å². The topological polar surface area (TPSA) is 152 Å². The van der Waals surface area contributed by atoms with Crippen LogP contribution < -0.4 is 11.1 Å². The number of anilines is 1. The highest BCUT2D eigenvalue weighted by Gasteiger charge is 2.38. The number of aromatic nitrogens is 5. The zero-order valence-electron chi connectivity index (χ0n) is 18.0. The smallest absolute Gasteiger partial charge is 0.475 e. The van der Waals surface area contributed by atoms with Gasteiger partial charge < -0.3 is 21.1 Å². The van der Waals surface area contributed by atoms with Gasteiger partial charge in [-0.15, -0.1) is 0 Å². The number of pyridine rings is 1. The highest BCUT2D eigenvalue weighted by atomic mass is 19.4. The number of nitrogen functional groups attached to an aromatic ring is 1. The van der Waals surface area contributed by atoms with E-state index in [2.05, 4.69) is 25.4 Å². The van der Waals surface area contributed by atoms with Gasteiger partial charge in [-0.2, -0.15) is 18.3 Å². The Morgan fingerprint density at radius 1 is 1.21 bits per heavy atom. The fourth-order valence-corrected chi connectivity index (χ4v) is 2.96. The molecule has 5 N–H and O–H groups in total. The van der Waals surface area contributed by atoms with Gasteiger partial charge in [-0.3, -0.25) is 9.48 Å². The summed E-state index contributed by atoms with van der Waals surface area (Å²) in [5.41, 5.74) is 11.2. The number of hydrogen-bond acceptors (Lipinski definition) is 6. The van der Waals surface area contributed by atoms with Crippen LogP contribution in [0.1, 0.15) is 5.56 Å². The first kappa shape index (κ1) is 24.2. The molecule has 0 unspecified atom stereocenters. The van der Waals surface area contributed by atoms with E-state index >= 15 is 0 Å². The van der Waals surface area contributed by atoms with E-state index in [0.717, 1.165) is 33.3 Å². The molecule has 0 bridgehead atoms. The first-order chi connectivity index (χ1) is 16.0. The van der Waals surface area contributed by atoms with Gasteiger partial charge in [0.15, 0.2) is 0 Å². The van der Waals surface area contributed by atoms with Gasteiger partial charge >= 0.3 is 12.1 Å². The van der Waals surface area contributed by atoms with Crippen molar-refractivity contribution < 1.29 is 27.9 Å². The molecule has 0 aliphatic rings. The van der Waals surface area contributed by atoms with Crippen LogP contribution in [0, 0.1) is 0 Å². The molecule has 34 heavy (non-hydrogen) atoms. The number of hydrogen-bond donors (Lipinski definition) is 4. The predicted octanol–water partition coefficient (Wildman–Crippen LogP) is 2.53. The van der Waals surface area contributed by atoms with Crippen molar-refractivity contribution in [1.82, 2.24) is 30.0 Å². The van der Waals surface area contributed by atoms with Crippen LogP contribution in [0.2, 0.25) is 0 Å². The van der Waals surface area contributed by atoms with Crippen LogP contribution >= 0.6 is 0 Å². The maximum absolute atomic E-state index is 11.6. The first-order valence-electron chi connectivity index (χ1n) is 9.72. The quantitative estimate of drug-likeness (QED) is 0.354. The molecule has 13 heteroatoms. The van der Waals surface area contributed by atoms with Crippen LogP contribution in [-0.4, -0.2) is 54.9 Å². The number of alkyl halides is 3. The number of amides is 1. The van der Waals surface area contributed by atoms with E-state index < -0.39 is 12.1 Å². The molecule has 1 amide bonds. The molecule has 1 aromatic carbocycles. The van der Waals surface area contributed by atoms with E-state index in [4.69, 9.17) is 15.6 Å². The number of carboxylic acids is 1. The summed E-state index contributed by atoms with van der Waals surface area (Å²) in [5.74, 6) is -1.76. The number of H-pyrrole nitrogens is 1. The molecule has 3 aromatic heterocycles. The Morgan fingerprint density at radius 3 is 2.50 bits per heavy atom. The van der Waals surface area contributed by atoms with Crippen LogP contribution in [0.15, 0.2) is 42.9 Å². The van der Waals surface area contributed by atoms with E-state index in [1.54, 1.807) is 24.1 Å². The van der Waals surface area contributed by atoms with Gasteiger partial charge in [0.2, 0.25) is 5.91 Å². The molecule has 0 aliphatic heterocycles. The van der Waals surface area contributed by atoms with Crippen molar-refractivity contribution in [2.75, 3.05) is 12.8 Å². The zero-order chi connectivity index (χ0) is 25.0. The second-order valence-electron chi connectivity index (χ2n) is 7.15. The van der Waals surface area contributed by atoms with Crippen molar-refractivity contribution in [1.29, 1.82) is 0 Å². The maximum atomic E-state index is 11.6. The summed E-state index contributed by atoms with van der Waals surface area (Å²) in [4.78, 5) is 32.7. The number of fused-ring (bicyclic) bond motifs is 1. The van der Waals surface area contributed by atoms with Crippen molar-refractivity contribution in [3.8, 4) is 22.5 Å². The number of benzene rings is 1. The highest BCUT2D eigenvalue weighted by molar-refractivity contribution is 5.85. The minimum Gasteiger partial charge on any atom is -0.475 e. The third kappa shape index (κ3) is 5.68. The van der Waals surface area contributed by atoms with Gasteiger partial charge in [0.25, 0.3) is 0 Å². The van der Waals surface area contributed by atoms with Gasteiger partial charge in [0.1, 0.15) is 11.6 Å². The minimum atomic E-state index is -5.08. The largest absolute Gasteiger partial charge is 0.490 e. The van der Waals surface area contributed by atoms with Crippen LogP contribution in [-0.2, 0) is 23.1 Å². The predicted molar refractivity (Wildman–Crippen MR) is 117 cm³/mol. The Bertz CT molecular complexity index is 1350. The Morgan fingerprint density at radius 2 is 1.91 bits per heavy atom. The lowest BCUT2D eigenvalue weighted by atomic mass is 10.1. The number of aryl methyl sites for hydroxylation is 1. The number of imidazole rings is 1. The number of carboxylic acid groups (broad SMARTS) is 1. The number of nitrogens with two attached hydrogens (primary N) is 1. The number of carbonyl (C=O) groups excluding carboxylic acids is 1. The lowest BCUT2D eigenvalue weighted by Crippen LogP contribution is -2.21. The van der Waals surface area contributed by atoms with Crippen molar-refractivity contribution in [3.63, 3.8) is 0 Å². The fourth-order valence-electron chi connectivity index (χ4n) is 2.96. The third-order valence-corrected chi connectivity index (χ3v) is 4.64. The lowest BCUT2D eigenvalue weighted by molar-refractivity contribution is -0.192. The SMILES string of the molecule is CNC(=O)Cc1ccc2nc(-c3cc(-c4cnn(C)c4)cnc3N)[nH]c2c1.O=C(O)C(F)(F)F. The Labute approximate surface area is 190 Å². The molecule has 10 nitrogen and oxygen atoms in total. The lowest BCUT2D eigenvalue weighted by Gasteiger charge is -2.04. The normalized spacial score (nSPS) is 11.1.